The van der Waals surface area contributed by atoms with E-state index in [2.05, 4.69) is 461 Å². The molecule has 0 heterocycles. The van der Waals surface area contributed by atoms with Gasteiger partial charge in [0.25, 0.3) is 0 Å². The van der Waals surface area contributed by atoms with Crippen LogP contribution in [0.5, 0.6) is 0 Å². The van der Waals surface area contributed by atoms with Gasteiger partial charge >= 0.3 is 0 Å². The van der Waals surface area contributed by atoms with Gasteiger partial charge in [-0.05, 0) is 175 Å². The Morgan fingerprint density at radius 2 is 0.152 bits per heavy atom. The number of fused-ring (bicyclic) bond motifs is 18. The maximum absolute atomic E-state index is 2.24. The molecule has 0 saturated heterocycles. The minimum absolute atomic E-state index is 0. The first-order chi connectivity index (χ1) is 63.6. The van der Waals surface area contributed by atoms with Crippen LogP contribution in [0.4, 0.5) is 0 Å². The summed E-state index contributed by atoms with van der Waals surface area (Å²) in [5.74, 6) is 0. The summed E-state index contributed by atoms with van der Waals surface area (Å²) in [7, 11) is 0. The molecule has 0 bridgehead atoms. The van der Waals surface area contributed by atoms with Crippen molar-refractivity contribution in [2.75, 3.05) is 0 Å². The fourth-order valence-electron chi connectivity index (χ4n) is 14.2. The normalized spacial score (nSPS) is 9.20. The Kier molecular flexibility index (Phi) is 58.5. The van der Waals surface area contributed by atoms with E-state index < -0.39 is 0 Å². The molecule has 0 atom stereocenters. The Morgan fingerprint density at radius 1 is 0.0758 bits per heavy atom. The average Bonchev–Trinajstić information content (AvgIpc) is 0.763. The second-order valence-corrected chi connectivity index (χ2v) is 27.0. The molecular formula is C132H152. The van der Waals surface area contributed by atoms with Crippen LogP contribution in [0.2, 0.25) is 0 Å². The number of hydrogen-bond acceptors (Lipinski definition) is 0. The van der Waals surface area contributed by atoms with E-state index in [9.17, 15) is 0 Å². The molecule has 0 saturated carbocycles. The van der Waals surface area contributed by atoms with Crippen LogP contribution in [-0.4, -0.2) is 0 Å². The summed E-state index contributed by atoms with van der Waals surface area (Å²) < 4.78 is 0. The van der Waals surface area contributed by atoms with Crippen molar-refractivity contribution >= 4 is 151 Å². The van der Waals surface area contributed by atoms with Crippen LogP contribution < -0.4 is 0 Å². The maximum Gasteiger partial charge on any atom is -0.0105 e. The zero-order chi connectivity index (χ0) is 92.1. The summed E-state index contributed by atoms with van der Waals surface area (Å²) in [5.41, 5.74) is 0. The van der Waals surface area contributed by atoms with Crippen molar-refractivity contribution in [1.29, 1.82) is 0 Å². The van der Waals surface area contributed by atoms with Crippen molar-refractivity contribution in [3.63, 3.8) is 0 Å². The molecule has 0 aromatic heterocycles. The molecule has 0 radical (unpaired) electrons. The van der Waals surface area contributed by atoms with Gasteiger partial charge in [0.05, 0.1) is 0 Å². The Balaban J connectivity index is 0.000000492. The molecule has 132 heavy (non-hydrogen) atoms. The molecule has 0 unspecified atom stereocenters. The topological polar surface area (TPSA) is 0 Å². The monoisotopic (exact) mass is 1740 g/mol. The molecule has 0 aliphatic carbocycles. The predicted molar refractivity (Wildman–Crippen MR) is 612 cm³/mol. The highest BCUT2D eigenvalue weighted by molar-refractivity contribution is 6.11. The van der Waals surface area contributed by atoms with Crippen LogP contribution in [0.25, 0.3) is 151 Å². The molecule has 23 aromatic rings. The molecule has 680 valence electrons. The van der Waals surface area contributed by atoms with Crippen LogP contribution in [0.15, 0.2) is 497 Å². The van der Waals surface area contributed by atoms with E-state index >= 15 is 0 Å². The van der Waals surface area contributed by atoms with E-state index in [4.69, 9.17) is 0 Å². The first-order valence-corrected chi connectivity index (χ1v) is 46.7. The van der Waals surface area contributed by atoms with Gasteiger partial charge in [0.1, 0.15) is 0 Å². The second kappa shape index (κ2) is 67.9. The number of hydrogen-bond donors (Lipinski definition) is 0. The molecule has 0 N–H and O–H groups in total. The summed E-state index contributed by atoms with van der Waals surface area (Å²) in [5, 5.41) is 36.9. The standard InChI is InChI=1S/6C14H10.2C10H8.C6H6.9C2H6.4CH4/c4*1-3-7-13-11(5-1)9-10-12-6-2-4-8-14(12)13;2*1-2-6-12-10-14-8-4-3-7-13(14)9-11(12)5-1;2*1-2-6-10-8-4-3-7-9(10)5-1;1-2-4-6-5-3-1;9*1-2;;;;/h6*1-10H;2*1-8H;1-6H;9*1-2H3;4*1H4. The summed E-state index contributed by atoms with van der Waals surface area (Å²) in [4.78, 5) is 0. The highest BCUT2D eigenvalue weighted by Gasteiger charge is 2.03. The number of benzene rings is 23. The highest BCUT2D eigenvalue weighted by Crippen LogP contribution is 2.30. The third-order valence-electron chi connectivity index (χ3n) is 19.8. The van der Waals surface area contributed by atoms with Gasteiger partial charge in [-0.1, -0.05) is 628 Å². The molecule has 23 rings (SSSR count). The Labute approximate surface area is 797 Å². The molecular weight excluding hydrogens is 1590 g/mol. The second-order valence-electron chi connectivity index (χ2n) is 27.0. The van der Waals surface area contributed by atoms with E-state index in [-0.39, 0.29) is 29.7 Å². The quantitative estimate of drug-likeness (QED) is 0.105. The van der Waals surface area contributed by atoms with Crippen LogP contribution >= 0.6 is 0 Å². The third-order valence-corrected chi connectivity index (χ3v) is 19.8. The molecule has 0 aliphatic rings. The highest BCUT2D eigenvalue weighted by atomic mass is 14.1. The summed E-state index contributed by atoms with van der Waals surface area (Å²) in [6.45, 7) is 36.0. The first-order valence-electron chi connectivity index (χ1n) is 46.7. The van der Waals surface area contributed by atoms with Crippen molar-refractivity contribution in [3.8, 4) is 0 Å². The van der Waals surface area contributed by atoms with Gasteiger partial charge < -0.3 is 0 Å². The lowest BCUT2D eigenvalue weighted by atomic mass is 10.0. The van der Waals surface area contributed by atoms with Crippen molar-refractivity contribution in [3.05, 3.63) is 497 Å². The van der Waals surface area contributed by atoms with Crippen LogP contribution in [-0.2, 0) is 0 Å². The minimum Gasteiger partial charge on any atom is -0.0776 e. The predicted octanol–water partition coefficient (Wildman–Crippen LogP) is 43.1. The maximum atomic E-state index is 2.24. The van der Waals surface area contributed by atoms with E-state index in [1.54, 1.807) is 0 Å². The summed E-state index contributed by atoms with van der Waals surface area (Å²) >= 11 is 0. The van der Waals surface area contributed by atoms with E-state index in [0.29, 0.717) is 0 Å². The van der Waals surface area contributed by atoms with Gasteiger partial charge in [-0.25, -0.2) is 0 Å². The zero-order valence-electron chi connectivity index (χ0n) is 79.3. The fourth-order valence-corrected chi connectivity index (χ4v) is 14.2. The van der Waals surface area contributed by atoms with Gasteiger partial charge in [-0.2, -0.15) is 0 Å². The van der Waals surface area contributed by atoms with Gasteiger partial charge in [0, 0.05) is 0 Å². The lowest BCUT2D eigenvalue weighted by Gasteiger charge is -2.02. The SMILES string of the molecule is C.C.C.C.CC.CC.CC.CC.CC.CC.CC.CC.CC.c1ccc2c(c1)ccc1ccccc12.c1ccc2c(c1)ccc1ccccc12.c1ccc2c(c1)ccc1ccccc12.c1ccc2c(c1)ccc1ccccc12.c1ccc2cc3ccccc3cc2c1.c1ccc2cc3ccccc3cc2c1.c1ccc2ccccc2c1.c1ccc2ccccc2c1.c1ccccc1. The Bertz CT molecular complexity index is 5670. The van der Waals surface area contributed by atoms with Crippen molar-refractivity contribution in [2.24, 2.45) is 0 Å². The smallest absolute Gasteiger partial charge is 0.0105 e. The summed E-state index contributed by atoms with van der Waals surface area (Å²) in [6, 6.07) is 174. The van der Waals surface area contributed by atoms with Gasteiger partial charge in [-0.15, -0.1) is 0 Å². The van der Waals surface area contributed by atoms with E-state index in [1.165, 1.54) is 151 Å². The zero-order valence-corrected chi connectivity index (χ0v) is 79.3. The molecule has 0 nitrogen and oxygen atoms in total. The third kappa shape index (κ3) is 34.0. The molecule has 0 amide bonds. The van der Waals surface area contributed by atoms with Crippen LogP contribution in [0.3, 0.4) is 0 Å². The van der Waals surface area contributed by atoms with E-state index in [1.807, 2.05) is 161 Å². The lowest BCUT2D eigenvalue weighted by molar-refractivity contribution is 1.50. The van der Waals surface area contributed by atoms with Crippen LogP contribution in [0.1, 0.15) is 154 Å². The fraction of sp³-hybridized carbons (Fsp3) is 0.167. The van der Waals surface area contributed by atoms with Crippen molar-refractivity contribution < 1.29 is 0 Å². The molecule has 0 aliphatic heterocycles. The van der Waals surface area contributed by atoms with Crippen LogP contribution in [0, 0.1) is 0 Å². The molecule has 0 fully saturated rings. The van der Waals surface area contributed by atoms with Crippen molar-refractivity contribution in [1.82, 2.24) is 0 Å². The molecule has 0 heteroatoms. The Morgan fingerprint density at radius 3 is 0.250 bits per heavy atom. The van der Waals surface area contributed by atoms with Gasteiger partial charge in [0.15, 0.2) is 0 Å². The average molecular weight is 1740 g/mol. The van der Waals surface area contributed by atoms with Crippen molar-refractivity contribution in [2.45, 2.75) is 154 Å². The summed E-state index contributed by atoms with van der Waals surface area (Å²) in [6.07, 6.45) is 0. The molecule has 23 aromatic carbocycles. The minimum atomic E-state index is 0. The largest absolute Gasteiger partial charge is 0.0776 e. The Hall–Kier alpha value is -14.3. The molecule has 0 spiro atoms. The lowest BCUT2D eigenvalue weighted by Crippen LogP contribution is -1.75. The van der Waals surface area contributed by atoms with Gasteiger partial charge in [0.2, 0.25) is 0 Å². The van der Waals surface area contributed by atoms with Gasteiger partial charge in [-0.3, -0.25) is 0 Å². The van der Waals surface area contributed by atoms with E-state index in [0.717, 1.165) is 0 Å². The number of rotatable bonds is 0. The first kappa shape index (κ1) is 114.